The number of rotatable bonds is 7. The molecule has 4 aromatic rings. The molecule has 1 aliphatic rings. The maximum atomic E-state index is 13.7. The number of furan rings is 1. The Balaban J connectivity index is 1.47. The van der Waals surface area contributed by atoms with Gasteiger partial charge in [-0.25, -0.2) is 0 Å². The van der Waals surface area contributed by atoms with Crippen molar-refractivity contribution in [2.75, 3.05) is 6.54 Å². The zero-order chi connectivity index (χ0) is 31.0. The van der Waals surface area contributed by atoms with Crippen molar-refractivity contribution in [3.8, 4) is 11.3 Å². The number of aliphatic hydroxyl groups excluding tert-OH is 1. The Hall–Kier alpha value is -3.62. The molecule has 1 amide bonds. The predicted molar refractivity (Wildman–Crippen MR) is 161 cm³/mol. The monoisotopic (exact) mass is 593 g/mol. The zero-order valence-electron chi connectivity index (χ0n) is 24.7. The average molecular weight is 594 g/mol. The minimum absolute atomic E-state index is 0.00768. The molecule has 0 spiro atoms. The molecule has 1 aromatic heterocycles. The largest absolute Gasteiger partial charge is 0.456 e. The molecule has 0 radical (unpaired) electrons. The molecule has 1 heterocycles. The Morgan fingerprint density at radius 3 is 2.14 bits per heavy atom. The molecule has 3 N–H and O–H groups in total. The SMILES string of the molecule is CC(C)(C)c1ccc(-c2cc3cc(C4(c5ccc(C(=O)NCCC(O)O)cc5)CCC(C(F)(F)F)CC4)ccc3o2)cc1. The van der Waals surface area contributed by atoms with Crippen LogP contribution in [0, 0.1) is 5.92 Å². The number of amides is 1. The fourth-order valence-electron chi connectivity index (χ4n) is 6.16. The van der Waals surface area contributed by atoms with Crippen LogP contribution in [0.5, 0.6) is 0 Å². The fraction of sp³-hybridized carbons (Fsp3) is 0.400. The molecular weight excluding hydrogens is 555 g/mol. The van der Waals surface area contributed by atoms with Crippen molar-refractivity contribution in [3.63, 3.8) is 0 Å². The van der Waals surface area contributed by atoms with E-state index in [2.05, 4.69) is 38.2 Å². The van der Waals surface area contributed by atoms with Crippen molar-refractivity contribution in [1.29, 1.82) is 0 Å². The number of halogens is 3. The van der Waals surface area contributed by atoms with E-state index < -0.39 is 23.8 Å². The summed E-state index contributed by atoms with van der Waals surface area (Å²) >= 11 is 0. The summed E-state index contributed by atoms with van der Waals surface area (Å²) in [6.07, 6.45) is -5.06. The van der Waals surface area contributed by atoms with Crippen LogP contribution < -0.4 is 5.32 Å². The van der Waals surface area contributed by atoms with Crippen LogP contribution in [-0.2, 0) is 10.8 Å². The highest BCUT2D eigenvalue weighted by Gasteiger charge is 2.47. The lowest BCUT2D eigenvalue weighted by Gasteiger charge is -2.42. The molecule has 5 nitrogen and oxygen atoms in total. The van der Waals surface area contributed by atoms with Crippen LogP contribution in [0.15, 0.2) is 77.2 Å². The van der Waals surface area contributed by atoms with Gasteiger partial charge in [-0.05, 0) is 78.1 Å². The van der Waals surface area contributed by atoms with Crippen LogP contribution >= 0.6 is 0 Å². The molecule has 43 heavy (non-hydrogen) atoms. The van der Waals surface area contributed by atoms with Gasteiger partial charge in [0, 0.05) is 34.9 Å². The van der Waals surface area contributed by atoms with Crippen molar-refractivity contribution in [2.24, 2.45) is 5.92 Å². The molecule has 0 atom stereocenters. The Morgan fingerprint density at radius 2 is 1.56 bits per heavy atom. The minimum atomic E-state index is -4.23. The van der Waals surface area contributed by atoms with Gasteiger partial charge in [0.1, 0.15) is 11.3 Å². The highest BCUT2D eigenvalue weighted by atomic mass is 19.4. The summed E-state index contributed by atoms with van der Waals surface area (Å²) in [7, 11) is 0. The Morgan fingerprint density at radius 1 is 0.930 bits per heavy atom. The summed E-state index contributed by atoms with van der Waals surface area (Å²) in [4.78, 5) is 12.5. The first kappa shape index (κ1) is 30.8. The number of fused-ring (bicyclic) bond motifs is 1. The maximum absolute atomic E-state index is 13.7. The van der Waals surface area contributed by atoms with E-state index in [0.29, 0.717) is 24.0 Å². The molecule has 8 heteroatoms. The first-order valence-electron chi connectivity index (χ1n) is 14.7. The number of carbonyl (C=O) groups excluding carboxylic acids is 1. The van der Waals surface area contributed by atoms with Crippen molar-refractivity contribution in [3.05, 3.63) is 95.1 Å². The van der Waals surface area contributed by atoms with Crippen LogP contribution in [0.3, 0.4) is 0 Å². The van der Waals surface area contributed by atoms with Gasteiger partial charge in [0.25, 0.3) is 5.91 Å². The van der Waals surface area contributed by atoms with Gasteiger partial charge in [-0.15, -0.1) is 0 Å². The minimum Gasteiger partial charge on any atom is -0.456 e. The molecule has 0 bridgehead atoms. The van der Waals surface area contributed by atoms with E-state index in [4.69, 9.17) is 14.6 Å². The third-order valence-electron chi connectivity index (χ3n) is 8.79. The molecule has 3 aromatic carbocycles. The molecule has 1 fully saturated rings. The van der Waals surface area contributed by atoms with Gasteiger partial charge in [0.05, 0.1) is 5.92 Å². The molecule has 0 unspecified atom stereocenters. The summed E-state index contributed by atoms with van der Waals surface area (Å²) in [6, 6.07) is 23.1. The smallest absolute Gasteiger partial charge is 0.391 e. The van der Waals surface area contributed by atoms with Crippen LogP contribution in [0.2, 0.25) is 0 Å². The summed E-state index contributed by atoms with van der Waals surface area (Å²) < 4.78 is 47.2. The Kier molecular flexibility index (Phi) is 8.47. The van der Waals surface area contributed by atoms with Crippen molar-refractivity contribution >= 4 is 16.9 Å². The van der Waals surface area contributed by atoms with Gasteiger partial charge in [0.2, 0.25) is 0 Å². The summed E-state index contributed by atoms with van der Waals surface area (Å²) in [5.41, 5.74) is 4.43. The second kappa shape index (κ2) is 11.8. The van der Waals surface area contributed by atoms with Gasteiger partial charge in [-0.1, -0.05) is 63.2 Å². The topological polar surface area (TPSA) is 82.7 Å². The summed E-state index contributed by atoms with van der Waals surface area (Å²) in [6.45, 7) is 6.59. The van der Waals surface area contributed by atoms with Gasteiger partial charge in [0.15, 0.2) is 6.29 Å². The number of carbonyl (C=O) groups is 1. The molecular formula is C35H38F3NO4. The number of hydrogen-bond acceptors (Lipinski definition) is 4. The molecule has 5 rings (SSSR count). The molecule has 0 saturated heterocycles. The molecule has 228 valence electrons. The number of hydrogen-bond donors (Lipinski definition) is 3. The van der Waals surface area contributed by atoms with Crippen LogP contribution in [-0.4, -0.2) is 35.1 Å². The fourth-order valence-corrected chi connectivity index (χ4v) is 6.16. The standard InChI is InChI=1S/C35H38F3NO4/c1-33(2,3)25-8-4-22(5-9-25)30-21-24-20-28(12-13-29(24)43-30)34(17-14-27(15-18-34)35(36,37)38)26-10-6-23(7-11-26)32(42)39-19-16-31(40)41/h4-13,20-21,27,31,40-41H,14-19H2,1-3H3,(H,39,42). The molecule has 1 aliphatic carbocycles. The first-order valence-corrected chi connectivity index (χ1v) is 14.7. The normalized spacial score (nSPS) is 19.6. The maximum Gasteiger partial charge on any atom is 0.391 e. The van der Waals surface area contributed by atoms with E-state index in [9.17, 15) is 18.0 Å². The third kappa shape index (κ3) is 6.65. The van der Waals surface area contributed by atoms with E-state index in [1.807, 2.05) is 48.5 Å². The van der Waals surface area contributed by atoms with Crippen LogP contribution in [0.1, 0.15) is 79.9 Å². The van der Waals surface area contributed by atoms with E-state index in [1.165, 1.54) is 5.56 Å². The van der Waals surface area contributed by atoms with E-state index in [-0.39, 0.29) is 37.1 Å². The van der Waals surface area contributed by atoms with Crippen LogP contribution in [0.4, 0.5) is 13.2 Å². The van der Waals surface area contributed by atoms with Gasteiger partial charge in [-0.3, -0.25) is 4.79 Å². The van der Waals surface area contributed by atoms with Gasteiger partial charge in [-0.2, -0.15) is 13.2 Å². The number of aliphatic hydroxyl groups is 2. The first-order chi connectivity index (χ1) is 20.3. The Bertz CT molecular complexity index is 1560. The number of alkyl halides is 3. The van der Waals surface area contributed by atoms with Crippen LogP contribution in [0.25, 0.3) is 22.3 Å². The number of nitrogens with one attached hydrogen (secondary N) is 1. The summed E-state index contributed by atoms with van der Waals surface area (Å²) in [5.74, 6) is -0.968. The van der Waals surface area contributed by atoms with Gasteiger partial charge < -0.3 is 19.9 Å². The summed E-state index contributed by atoms with van der Waals surface area (Å²) in [5, 5.41) is 21.5. The second-order valence-corrected chi connectivity index (χ2v) is 12.7. The van der Waals surface area contributed by atoms with E-state index >= 15 is 0 Å². The van der Waals surface area contributed by atoms with Crippen molar-refractivity contribution < 1.29 is 32.6 Å². The lowest BCUT2D eigenvalue weighted by atomic mass is 9.63. The lowest BCUT2D eigenvalue weighted by Crippen LogP contribution is -2.37. The zero-order valence-corrected chi connectivity index (χ0v) is 24.7. The van der Waals surface area contributed by atoms with Crippen molar-refractivity contribution in [2.45, 2.75) is 76.2 Å². The number of benzene rings is 3. The van der Waals surface area contributed by atoms with Gasteiger partial charge >= 0.3 is 6.18 Å². The third-order valence-corrected chi connectivity index (χ3v) is 8.79. The van der Waals surface area contributed by atoms with E-state index in [1.54, 1.807) is 12.1 Å². The van der Waals surface area contributed by atoms with E-state index in [0.717, 1.165) is 27.8 Å². The quantitative estimate of drug-likeness (QED) is 0.191. The second-order valence-electron chi connectivity index (χ2n) is 12.7. The lowest BCUT2D eigenvalue weighted by molar-refractivity contribution is -0.184. The molecule has 1 saturated carbocycles. The Labute approximate surface area is 249 Å². The molecule has 0 aliphatic heterocycles. The highest BCUT2D eigenvalue weighted by molar-refractivity contribution is 5.94. The highest BCUT2D eigenvalue weighted by Crippen LogP contribution is 2.50. The predicted octanol–water partition coefficient (Wildman–Crippen LogP) is 7.87. The van der Waals surface area contributed by atoms with Crippen molar-refractivity contribution in [1.82, 2.24) is 5.32 Å². The average Bonchev–Trinajstić information content (AvgIpc) is 3.40.